The lowest BCUT2D eigenvalue weighted by atomic mass is 10.1. The molecule has 0 saturated heterocycles. The average Bonchev–Trinajstić information content (AvgIpc) is 2.98. The van der Waals surface area contributed by atoms with Gasteiger partial charge in [-0.3, -0.25) is 4.79 Å². The Morgan fingerprint density at radius 2 is 1.20 bits per heavy atom. The van der Waals surface area contributed by atoms with E-state index in [2.05, 4.69) is 5.32 Å². The summed E-state index contributed by atoms with van der Waals surface area (Å²) in [5, 5.41) is 3.16. The summed E-state index contributed by atoms with van der Waals surface area (Å²) in [5.41, 5.74) is 8.91. The van der Waals surface area contributed by atoms with Crippen LogP contribution in [0.2, 0.25) is 0 Å². The smallest absolute Gasteiger partial charge is 0.203 e. The molecule has 0 aliphatic rings. The van der Waals surface area contributed by atoms with E-state index in [-0.39, 0.29) is 5.78 Å². The zero-order valence-corrected chi connectivity index (χ0v) is 23.6. The Morgan fingerprint density at radius 1 is 0.650 bits per heavy atom. The van der Waals surface area contributed by atoms with Crippen LogP contribution in [0.15, 0.2) is 48.7 Å². The van der Waals surface area contributed by atoms with E-state index in [0.29, 0.717) is 57.2 Å². The molecule has 3 rings (SSSR count). The molecule has 0 aliphatic carbocycles. The third-order valence-electron chi connectivity index (χ3n) is 5.96. The van der Waals surface area contributed by atoms with Crippen molar-refractivity contribution in [1.29, 1.82) is 0 Å². The number of hydrogen-bond donors (Lipinski definition) is 2. The maximum Gasteiger partial charge on any atom is 0.203 e. The number of methoxy groups -OCH3 is 7. The lowest BCUT2D eigenvalue weighted by molar-refractivity contribution is 0.104. The van der Waals surface area contributed by atoms with Gasteiger partial charge in [-0.05, 0) is 35.9 Å². The molecule has 3 N–H and O–H groups in total. The zero-order chi connectivity index (χ0) is 29.2. The van der Waals surface area contributed by atoms with E-state index in [1.54, 1.807) is 47.7 Å². The van der Waals surface area contributed by atoms with E-state index < -0.39 is 0 Å². The first-order chi connectivity index (χ1) is 19.3. The van der Waals surface area contributed by atoms with Crippen LogP contribution >= 0.6 is 0 Å². The Bertz CT molecular complexity index is 1390. The third-order valence-corrected chi connectivity index (χ3v) is 5.96. The minimum Gasteiger partial charge on any atom is -0.493 e. The minimum absolute atomic E-state index is 0.282. The van der Waals surface area contributed by atoms with Gasteiger partial charge in [-0.2, -0.15) is 0 Å². The van der Waals surface area contributed by atoms with Crippen molar-refractivity contribution in [2.75, 3.05) is 60.8 Å². The lowest BCUT2D eigenvalue weighted by Gasteiger charge is -2.14. The van der Waals surface area contributed by atoms with Gasteiger partial charge >= 0.3 is 0 Å². The number of hydrogen-bond acceptors (Lipinski definition) is 10. The number of anilines is 2. The van der Waals surface area contributed by atoms with Crippen LogP contribution in [0.4, 0.5) is 11.4 Å². The van der Waals surface area contributed by atoms with Crippen molar-refractivity contribution in [3.05, 3.63) is 65.4 Å². The molecule has 0 bridgehead atoms. The van der Waals surface area contributed by atoms with Crippen LogP contribution in [0, 0.1) is 0 Å². The van der Waals surface area contributed by atoms with E-state index in [4.69, 9.17) is 38.9 Å². The number of ketones is 1. The second-order valence-electron chi connectivity index (χ2n) is 8.23. The first-order valence-corrected chi connectivity index (χ1v) is 12.1. The van der Waals surface area contributed by atoms with E-state index in [1.165, 1.54) is 32.6 Å². The lowest BCUT2D eigenvalue weighted by Crippen LogP contribution is -2.02. The van der Waals surface area contributed by atoms with Gasteiger partial charge in [0.1, 0.15) is 0 Å². The molecule has 0 spiro atoms. The van der Waals surface area contributed by atoms with Crippen LogP contribution in [-0.4, -0.2) is 55.6 Å². The standard InChI is InChI=1S/C30H34N2O8/c1-34-24-15-19(9-8-18-12-26(36-3)30(40-7)27(13-18)37-4)22(17-25(24)35-2)32-11-10-23(33)20-14-21(31)29(39-6)28(16-20)38-5/h8-17,32H,31H2,1-7H3. The summed E-state index contributed by atoms with van der Waals surface area (Å²) in [6, 6.07) is 10.4. The van der Waals surface area contributed by atoms with Crippen LogP contribution in [-0.2, 0) is 0 Å². The van der Waals surface area contributed by atoms with Crippen molar-refractivity contribution < 1.29 is 38.0 Å². The Morgan fingerprint density at radius 3 is 1.75 bits per heavy atom. The molecule has 0 aromatic heterocycles. The fourth-order valence-corrected chi connectivity index (χ4v) is 3.98. The maximum atomic E-state index is 12.9. The first kappa shape index (κ1) is 29.6. The second-order valence-corrected chi connectivity index (χ2v) is 8.23. The van der Waals surface area contributed by atoms with Crippen LogP contribution in [0.5, 0.6) is 40.2 Å². The molecule has 3 aromatic rings. The highest BCUT2D eigenvalue weighted by Gasteiger charge is 2.15. The molecule has 10 heteroatoms. The summed E-state index contributed by atoms with van der Waals surface area (Å²) in [5.74, 6) is 3.08. The van der Waals surface area contributed by atoms with Crippen LogP contribution in [0.25, 0.3) is 12.2 Å². The highest BCUT2D eigenvalue weighted by Crippen LogP contribution is 2.39. The molecular weight excluding hydrogens is 516 g/mol. The highest BCUT2D eigenvalue weighted by molar-refractivity contribution is 6.06. The minimum atomic E-state index is -0.282. The van der Waals surface area contributed by atoms with Gasteiger partial charge in [0.15, 0.2) is 40.3 Å². The van der Waals surface area contributed by atoms with Crippen LogP contribution < -0.4 is 44.2 Å². The molecule has 0 unspecified atom stereocenters. The number of nitrogens with one attached hydrogen (secondary N) is 1. The fraction of sp³-hybridized carbons (Fsp3) is 0.233. The highest BCUT2D eigenvalue weighted by atomic mass is 16.5. The molecule has 0 saturated carbocycles. The van der Waals surface area contributed by atoms with Gasteiger partial charge in [0, 0.05) is 35.2 Å². The summed E-state index contributed by atoms with van der Waals surface area (Å²) in [7, 11) is 10.7. The van der Waals surface area contributed by atoms with Gasteiger partial charge in [0.25, 0.3) is 0 Å². The second kappa shape index (κ2) is 13.7. The van der Waals surface area contributed by atoms with Crippen molar-refractivity contribution in [2.45, 2.75) is 0 Å². The largest absolute Gasteiger partial charge is 0.493 e. The molecule has 40 heavy (non-hydrogen) atoms. The van der Waals surface area contributed by atoms with Crippen molar-refractivity contribution in [3.8, 4) is 40.2 Å². The number of nitrogen functional groups attached to an aromatic ring is 1. The number of benzene rings is 3. The molecule has 10 nitrogen and oxygen atoms in total. The number of ether oxygens (including phenoxy) is 7. The van der Waals surface area contributed by atoms with Gasteiger partial charge in [-0.15, -0.1) is 0 Å². The maximum absolute atomic E-state index is 12.9. The number of allylic oxidation sites excluding steroid dienone is 1. The summed E-state index contributed by atoms with van der Waals surface area (Å²) in [4.78, 5) is 12.9. The van der Waals surface area contributed by atoms with Gasteiger partial charge in [0.05, 0.1) is 55.5 Å². The van der Waals surface area contributed by atoms with E-state index >= 15 is 0 Å². The quantitative estimate of drug-likeness (QED) is 0.125. The normalized spacial score (nSPS) is 10.9. The summed E-state index contributed by atoms with van der Waals surface area (Å²) < 4.78 is 37.8. The Hall–Kier alpha value is -4.99. The topological polar surface area (TPSA) is 120 Å². The third kappa shape index (κ3) is 6.52. The fourth-order valence-electron chi connectivity index (χ4n) is 3.98. The molecule has 0 aliphatic heterocycles. The first-order valence-electron chi connectivity index (χ1n) is 12.1. The molecule has 0 heterocycles. The van der Waals surface area contributed by atoms with Crippen molar-refractivity contribution in [3.63, 3.8) is 0 Å². The van der Waals surface area contributed by atoms with Gasteiger partial charge in [-0.1, -0.05) is 12.2 Å². The van der Waals surface area contributed by atoms with Gasteiger partial charge < -0.3 is 44.2 Å². The average molecular weight is 551 g/mol. The summed E-state index contributed by atoms with van der Waals surface area (Å²) >= 11 is 0. The van der Waals surface area contributed by atoms with Crippen molar-refractivity contribution >= 4 is 29.3 Å². The predicted molar refractivity (Wildman–Crippen MR) is 156 cm³/mol. The predicted octanol–water partition coefficient (Wildman–Crippen LogP) is 5.31. The SMILES string of the molecule is COc1cc(C=Cc2cc(OC)c(OC)c(OC)c2)c(NC=CC(=O)c2cc(N)c(OC)c(OC)c2)cc1OC. The zero-order valence-electron chi connectivity index (χ0n) is 23.6. The van der Waals surface area contributed by atoms with E-state index in [9.17, 15) is 4.79 Å². The molecule has 3 aromatic carbocycles. The van der Waals surface area contributed by atoms with Crippen molar-refractivity contribution in [2.24, 2.45) is 0 Å². The molecule has 212 valence electrons. The number of rotatable bonds is 13. The Labute approximate surface area is 233 Å². The van der Waals surface area contributed by atoms with Gasteiger partial charge in [0.2, 0.25) is 5.75 Å². The molecule has 0 fully saturated rings. The van der Waals surface area contributed by atoms with Crippen LogP contribution in [0.3, 0.4) is 0 Å². The Balaban J connectivity index is 1.94. The number of carbonyl (C=O) groups is 1. The van der Waals surface area contributed by atoms with Gasteiger partial charge in [-0.25, -0.2) is 0 Å². The Kier molecular flexibility index (Phi) is 10.1. The van der Waals surface area contributed by atoms with Crippen molar-refractivity contribution in [1.82, 2.24) is 0 Å². The monoisotopic (exact) mass is 550 g/mol. The number of carbonyl (C=O) groups excluding carboxylic acids is 1. The molecule has 0 atom stereocenters. The number of nitrogens with two attached hydrogens (primary N) is 1. The molecular formula is C30H34N2O8. The summed E-state index contributed by atoms with van der Waals surface area (Å²) in [6.45, 7) is 0. The molecule has 0 amide bonds. The molecule has 0 radical (unpaired) electrons. The van der Waals surface area contributed by atoms with Crippen LogP contribution in [0.1, 0.15) is 21.5 Å². The van der Waals surface area contributed by atoms with E-state index in [1.807, 2.05) is 30.4 Å². The van der Waals surface area contributed by atoms with E-state index in [0.717, 1.165) is 11.1 Å². The summed E-state index contributed by atoms with van der Waals surface area (Å²) in [6.07, 6.45) is 6.70.